The second-order valence-corrected chi connectivity index (χ2v) is 3.62. The van der Waals surface area contributed by atoms with Crippen molar-refractivity contribution in [3.63, 3.8) is 0 Å². The highest BCUT2D eigenvalue weighted by molar-refractivity contribution is 7.99. The van der Waals surface area contributed by atoms with Crippen LogP contribution < -0.4 is 0 Å². The number of nitrogens with zero attached hydrogens (tertiary/aromatic N) is 2. The third kappa shape index (κ3) is 4.92. The molecular weight excluding hydrogens is 238 g/mol. The first-order valence-corrected chi connectivity index (χ1v) is 5.37. The van der Waals surface area contributed by atoms with Crippen molar-refractivity contribution in [3.05, 3.63) is 24.1 Å². The summed E-state index contributed by atoms with van der Waals surface area (Å²) in [5.41, 5.74) is 0. The zero-order valence-electron chi connectivity index (χ0n) is 8.52. The van der Waals surface area contributed by atoms with Crippen molar-refractivity contribution in [1.29, 1.82) is 0 Å². The van der Waals surface area contributed by atoms with Crippen LogP contribution in [0.5, 0.6) is 0 Å². The summed E-state index contributed by atoms with van der Waals surface area (Å²) >= 11 is 1.26. The average molecular weight is 248 g/mol. The number of aromatic nitrogens is 1. The summed E-state index contributed by atoms with van der Waals surface area (Å²) in [5.74, 6) is 0.940. The lowest BCUT2D eigenvalue weighted by molar-refractivity contribution is 0.215. The number of hydrogen-bond donors (Lipinski definition) is 0. The van der Waals surface area contributed by atoms with Crippen molar-refractivity contribution < 1.29 is 18.0 Å². The van der Waals surface area contributed by atoms with E-state index in [-0.39, 0.29) is 6.42 Å². The van der Waals surface area contributed by atoms with E-state index in [0.29, 0.717) is 16.7 Å². The van der Waals surface area contributed by atoms with Gasteiger partial charge in [-0.2, -0.15) is 8.78 Å². The van der Waals surface area contributed by atoms with Crippen molar-refractivity contribution >= 4 is 18.0 Å². The maximum atomic E-state index is 11.7. The summed E-state index contributed by atoms with van der Waals surface area (Å²) in [6, 6.07) is 0. The van der Waals surface area contributed by atoms with Gasteiger partial charge in [0.25, 0.3) is 11.3 Å². The van der Waals surface area contributed by atoms with Crippen molar-refractivity contribution in [2.45, 2.75) is 11.6 Å². The molecule has 0 aliphatic rings. The van der Waals surface area contributed by atoms with Crippen LogP contribution >= 0.6 is 11.8 Å². The minimum Gasteiger partial charge on any atom is -0.430 e. The zero-order valence-corrected chi connectivity index (χ0v) is 9.34. The topological polar surface area (TPSA) is 47.6 Å². The minimum absolute atomic E-state index is 0.275. The molecular formula is C9H10F2N2O2S. The van der Waals surface area contributed by atoms with Crippen LogP contribution in [-0.4, -0.2) is 24.1 Å². The molecule has 1 aromatic rings. The van der Waals surface area contributed by atoms with E-state index >= 15 is 0 Å². The molecule has 0 spiro atoms. The van der Waals surface area contributed by atoms with Crippen LogP contribution in [-0.2, 0) is 4.84 Å². The molecule has 16 heavy (non-hydrogen) atoms. The molecule has 0 bridgehead atoms. The Balaban J connectivity index is 2.35. The second-order valence-electron chi connectivity index (χ2n) is 2.58. The van der Waals surface area contributed by atoms with E-state index in [2.05, 4.69) is 15.0 Å². The molecule has 88 valence electrons. The molecule has 0 saturated carbocycles. The van der Waals surface area contributed by atoms with E-state index in [1.165, 1.54) is 31.3 Å². The van der Waals surface area contributed by atoms with Gasteiger partial charge in [-0.3, -0.25) is 0 Å². The summed E-state index contributed by atoms with van der Waals surface area (Å²) in [6.07, 6.45) is 2.33. The van der Waals surface area contributed by atoms with E-state index in [0.717, 1.165) is 6.08 Å². The molecule has 1 heterocycles. The molecule has 0 unspecified atom stereocenters. The van der Waals surface area contributed by atoms with Crippen LogP contribution in [0.3, 0.4) is 0 Å². The molecule has 1 rings (SSSR count). The molecule has 4 nitrogen and oxygen atoms in total. The average Bonchev–Trinajstić information content (AvgIpc) is 2.69. The Morgan fingerprint density at radius 2 is 2.50 bits per heavy atom. The Morgan fingerprint density at radius 1 is 1.69 bits per heavy atom. The van der Waals surface area contributed by atoms with Gasteiger partial charge in [0.15, 0.2) is 5.76 Å². The SMILES string of the molecule is CO/N=C/c1cnc(SCCC=C(F)F)o1. The fourth-order valence-corrected chi connectivity index (χ4v) is 1.51. The van der Waals surface area contributed by atoms with Crippen molar-refractivity contribution in [1.82, 2.24) is 4.98 Å². The first-order chi connectivity index (χ1) is 7.72. The normalized spacial score (nSPS) is 10.7. The highest BCUT2D eigenvalue weighted by atomic mass is 32.2. The van der Waals surface area contributed by atoms with Crippen LogP contribution in [0.25, 0.3) is 0 Å². The molecule has 1 aromatic heterocycles. The van der Waals surface area contributed by atoms with Gasteiger partial charge in [0, 0.05) is 5.75 Å². The fraction of sp³-hybridized carbons (Fsp3) is 0.333. The first kappa shape index (κ1) is 12.7. The molecule has 0 aromatic carbocycles. The smallest absolute Gasteiger partial charge is 0.266 e. The monoisotopic (exact) mass is 248 g/mol. The lowest BCUT2D eigenvalue weighted by Crippen LogP contribution is -1.77. The Morgan fingerprint density at radius 3 is 3.19 bits per heavy atom. The summed E-state index contributed by atoms with van der Waals surface area (Å²) in [5, 5.41) is 3.92. The summed E-state index contributed by atoms with van der Waals surface area (Å²) in [6.45, 7) is 0. The van der Waals surface area contributed by atoms with Gasteiger partial charge < -0.3 is 9.25 Å². The first-order valence-electron chi connectivity index (χ1n) is 4.38. The lowest BCUT2D eigenvalue weighted by atomic mass is 10.5. The molecule has 0 radical (unpaired) electrons. The van der Waals surface area contributed by atoms with Crippen LogP contribution in [0.15, 0.2) is 33.1 Å². The van der Waals surface area contributed by atoms with E-state index in [4.69, 9.17) is 4.42 Å². The molecule has 0 aliphatic heterocycles. The van der Waals surface area contributed by atoms with Crippen molar-refractivity contribution in [2.24, 2.45) is 5.16 Å². The highest BCUT2D eigenvalue weighted by Crippen LogP contribution is 2.18. The number of allylic oxidation sites excluding steroid dienone is 1. The van der Waals surface area contributed by atoms with Gasteiger partial charge in [0.05, 0.1) is 6.20 Å². The standard InChI is InChI=1S/C9H10F2N2O2S/c1-14-13-6-7-5-12-9(15-7)16-4-2-3-8(10)11/h3,5-6H,2,4H2,1H3/b13-6+. The van der Waals surface area contributed by atoms with Gasteiger partial charge >= 0.3 is 0 Å². The maximum absolute atomic E-state index is 11.7. The Hall–Kier alpha value is -1.37. The van der Waals surface area contributed by atoms with Crippen LogP contribution in [0.2, 0.25) is 0 Å². The number of halogens is 2. The molecule has 0 atom stereocenters. The van der Waals surface area contributed by atoms with Crippen molar-refractivity contribution in [2.75, 3.05) is 12.9 Å². The van der Waals surface area contributed by atoms with E-state index < -0.39 is 6.08 Å². The summed E-state index contributed by atoms with van der Waals surface area (Å²) in [4.78, 5) is 8.39. The fourth-order valence-electron chi connectivity index (χ4n) is 0.815. The number of oxazole rings is 1. The molecule has 0 fully saturated rings. The predicted octanol–water partition coefficient (Wildman–Crippen LogP) is 2.92. The van der Waals surface area contributed by atoms with E-state index in [1.54, 1.807) is 0 Å². The molecule has 0 amide bonds. The molecule has 0 N–H and O–H groups in total. The Kier molecular flexibility index (Phi) is 5.55. The quantitative estimate of drug-likeness (QED) is 0.336. The van der Waals surface area contributed by atoms with E-state index in [9.17, 15) is 8.78 Å². The van der Waals surface area contributed by atoms with Gasteiger partial charge in [0.1, 0.15) is 13.3 Å². The van der Waals surface area contributed by atoms with Gasteiger partial charge in [-0.25, -0.2) is 4.98 Å². The number of thioether (sulfide) groups is 1. The molecule has 0 aliphatic carbocycles. The lowest BCUT2D eigenvalue weighted by Gasteiger charge is -1.91. The van der Waals surface area contributed by atoms with Crippen molar-refractivity contribution in [3.8, 4) is 0 Å². The molecule has 0 saturated heterocycles. The largest absolute Gasteiger partial charge is 0.430 e. The maximum Gasteiger partial charge on any atom is 0.266 e. The third-order valence-corrected chi connectivity index (χ3v) is 2.31. The second kappa shape index (κ2) is 7.00. The van der Waals surface area contributed by atoms with Gasteiger partial charge in [0.2, 0.25) is 0 Å². The zero-order chi connectivity index (χ0) is 11.8. The number of hydrogen-bond acceptors (Lipinski definition) is 5. The summed E-state index contributed by atoms with van der Waals surface area (Å²) in [7, 11) is 1.42. The molecule has 7 heteroatoms. The summed E-state index contributed by atoms with van der Waals surface area (Å²) < 4.78 is 28.6. The predicted molar refractivity (Wildman–Crippen MR) is 56.7 cm³/mol. The van der Waals surface area contributed by atoms with Crippen LogP contribution in [0, 0.1) is 0 Å². The highest BCUT2D eigenvalue weighted by Gasteiger charge is 2.02. The number of oxime groups is 1. The van der Waals surface area contributed by atoms with Crippen LogP contribution in [0.1, 0.15) is 12.2 Å². The third-order valence-electron chi connectivity index (χ3n) is 1.43. The Bertz CT molecular complexity index is 375. The number of rotatable bonds is 6. The van der Waals surface area contributed by atoms with E-state index in [1.807, 2.05) is 0 Å². The minimum atomic E-state index is -1.67. The Labute approximate surface area is 95.4 Å². The van der Waals surface area contributed by atoms with Gasteiger partial charge in [-0.1, -0.05) is 16.9 Å². The van der Waals surface area contributed by atoms with Crippen LogP contribution in [0.4, 0.5) is 8.78 Å². The van der Waals surface area contributed by atoms with Gasteiger partial charge in [-0.15, -0.1) is 0 Å². The van der Waals surface area contributed by atoms with Gasteiger partial charge in [-0.05, 0) is 12.5 Å².